The maximum Gasteiger partial charge on any atom is 0.199 e. The molecule has 0 aliphatic heterocycles. The first-order chi connectivity index (χ1) is 24.0. The van der Waals surface area contributed by atoms with Crippen molar-refractivity contribution >= 4 is 11.5 Å². The number of para-hydroxylation sites is 1. The quantitative estimate of drug-likeness (QED) is 0.0779. The Morgan fingerprint density at radius 1 is 0.863 bits per heavy atom. The van der Waals surface area contributed by atoms with E-state index in [0.29, 0.717) is 5.69 Å². The van der Waals surface area contributed by atoms with Crippen LogP contribution < -0.4 is 0 Å². The van der Waals surface area contributed by atoms with Gasteiger partial charge in [-0.3, -0.25) is 9.78 Å². The number of aromatic nitrogens is 2. The molecule has 0 saturated carbocycles. The molecule has 273 valence electrons. The summed E-state index contributed by atoms with van der Waals surface area (Å²) in [4.78, 5) is 25.6. The molecule has 0 amide bonds. The summed E-state index contributed by atoms with van der Waals surface area (Å²) in [6.07, 6.45) is 10.9. The minimum Gasteiger partial charge on any atom is -0.512 e. The van der Waals surface area contributed by atoms with Gasteiger partial charge in [-0.2, -0.15) is 0 Å². The van der Waals surface area contributed by atoms with Crippen LogP contribution in [0.25, 0.3) is 38.6 Å². The molecule has 3 aromatic carbocycles. The molecule has 0 fully saturated rings. The Kier molecular flexibility index (Phi) is 18.2. The minimum absolute atomic E-state index is 0. The van der Waals surface area contributed by atoms with E-state index in [0.717, 1.165) is 96.3 Å². The number of aliphatic hydroxyl groups excluding tert-OH is 1. The Hall–Kier alpha value is -3.91. The van der Waals surface area contributed by atoms with E-state index in [1.807, 2.05) is 52.8 Å². The van der Waals surface area contributed by atoms with Crippen molar-refractivity contribution in [3.63, 3.8) is 0 Å². The van der Waals surface area contributed by atoms with Crippen LogP contribution in [0.2, 0.25) is 0 Å². The van der Waals surface area contributed by atoms with E-state index < -0.39 is 0 Å². The zero-order valence-electron chi connectivity index (χ0n) is 32.1. The molecule has 6 heteroatoms. The molecule has 0 spiro atoms. The zero-order chi connectivity index (χ0) is 36.8. The summed E-state index contributed by atoms with van der Waals surface area (Å²) < 4.78 is 0. The van der Waals surface area contributed by atoms with Crippen LogP contribution in [0.5, 0.6) is 0 Å². The smallest absolute Gasteiger partial charge is 0.199 e. The molecule has 0 aliphatic rings. The standard InChI is InChI=1S/C32H32N3.C13H24O2.Ir/c1-7-10-24-14-21(3)16-26(18-24)31-32(27-17-22(4)15-25(19-27)11-8-2)35-29(20-34-31)28-13-9-12-23(5)30(28)33-6;1-5-10(6-2)12(14)9-13(15)11(7-3)8-4;/h9,12-15,17-20H,7-8,10-11H2,1-5H3;9-11,14H,5-8H2,1-4H3;/q-1;;/b;12-9-;. The van der Waals surface area contributed by atoms with Gasteiger partial charge in [0.1, 0.15) is 0 Å². The van der Waals surface area contributed by atoms with Crippen molar-refractivity contribution in [1.82, 2.24) is 9.97 Å². The van der Waals surface area contributed by atoms with E-state index in [1.165, 1.54) is 22.8 Å². The summed E-state index contributed by atoms with van der Waals surface area (Å²) in [5, 5.41) is 9.76. The Morgan fingerprint density at radius 3 is 2.08 bits per heavy atom. The van der Waals surface area contributed by atoms with Crippen LogP contribution in [0, 0.1) is 45.2 Å². The topological polar surface area (TPSA) is 67.4 Å². The maximum atomic E-state index is 11.7. The van der Waals surface area contributed by atoms with E-state index in [2.05, 4.69) is 68.9 Å². The fraction of sp³-hybridized carbons (Fsp3) is 0.422. The van der Waals surface area contributed by atoms with E-state index in [9.17, 15) is 9.90 Å². The third-order valence-corrected chi connectivity index (χ3v) is 9.29. The van der Waals surface area contributed by atoms with Crippen LogP contribution >= 0.6 is 0 Å². The van der Waals surface area contributed by atoms with Gasteiger partial charge in [-0.05, 0) is 69.1 Å². The molecule has 1 radical (unpaired) electrons. The second-order valence-electron chi connectivity index (χ2n) is 13.3. The molecule has 1 N–H and O–H groups in total. The molecule has 0 unspecified atom stereocenters. The average molecular weight is 863 g/mol. The van der Waals surface area contributed by atoms with Gasteiger partial charge in [-0.25, -0.2) is 4.85 Å². The monoisotopic (exact) mass is 863 g/mol. The number of aryl methyl sites for hydroxylation is 5. The van der Waals surface area contributed by atoms with Crippen molar-refractivity contribution in [3.05, 3.63) is 112 Å². The van der Waals surface area contributed by atoms with Gasteiger partial charge in [0.15, 0.2) is 11.5 Å². The number of carbonyl (C=O) groups is 1. The second kappa shape index (κ2) is 21.5. The number of benzene rings is 3. The summed E-state index contributed by atoms with van der Waals surface area (Å²) in [5.41, 5.74) is 11.7. The van der Waals surface area contributed by atoms with Gasteiger partial charge in [0, 0.05) is 55.5 Å². The van der Waals surface area contributed by atoms with Crippen molar-refractivity contribution in [2.45, 2.75) is 114 Å². The Morgan fingerprint density at radius 2 is 1.49 bits per heavy atom. The van der Waals surface area contributed by atoms with Gasteiger partial charge in [-0.15, -0.1) is 34.9 Å². The van der Waals surface area contributed by atoms with Crippen molar-refractivity contribution < 1.29 is 30.0 Å². The summed E-state index contributed by atoms with van der Waals surface area (Å²) in [7, 11) is 0. The number of rotatable bonds is 14. The van der Waals surface area contributed by atoms with Crippen LogP contribution in [0.4, 0.5) is 5.69 Å². The number of carbonyl (C=O) groups excluding carboxylic acids is 1. The second-order valence-corrected chi connectivity index (χ2v) is 13.3. The number of nitrogens with zero attached hydrogens (tertiary/aromatic N) is 3. The van der Waals surface area contributed by atoms with Gasteiger partial charge in [-0.1, -0.05) is 103 Å². The first kappa shape index (κ1) is 43.3. The Balaban J connectivity index is 0.000000479. The molecule has 4 aromatic rings. The fourth-order valence-corrected chi connectivity index (χ4v) is 6.49. The molecule has 4 rings (SSSR count). The van der Waals surface area contributed by atoms with Gasteiger partial charge in [0.2, 0.25) is 0 Å². The van der Waals surface area contributed by atoms with Gasteiger partial charge in [0.25, 0.3) is 0 Å². The van der Waals surface area contributed by atoms with Crippen LogP contribution in [-0.2, 0) is 37.7 Å². The van der Waals surface area contributed by atoms with Crippen LogP contribution in [0.15, 0.2) is 66.6 Å². The molecule has 1 aromatic heterocycles. The zero-order valence-corrected chi connectivity index (χ0v) is 34.5. The summed E-state index contributed by atoms with van der Waals surface area (Å²) in [6, 6.07) is 20.5. The molecule has 1 heterocycles. The van der Waals surface area contributed by atoms with Crippen molar-refractivity contribution in [2.75, 3.05) is 0 Å². The molecule has 0 bridgehead atoms. The molecular formula is C45H56IrN3O2-. The largest absolute Gasteiger partial charge is 0.512 e. The normalized spacial score (nSPS) is 11.1. The van der Waals surface area contributed by atoms with Crippen molar-refractivity contribution in [2.24, 2.45) is 11.8 Å². The SMILES string of the molecule is CCC(CC)C(=O)/C=C(\O)C(CC)CC.[C-]#[N+]c1c(C)cccc1-c1cnc(-c2[c-]c(C)cc(CCC)c2)c(-c2cc(C)cc(CCC)c2)n1.[Ir]. The van der Waals surface area contributed by atoms with E-state index >= 15 is 0 Å². The van der Waals surface area contributed by atoms with Gasteiger partial charge < -0.3 is 10.1 Å². The summed E-state index contributed by atoms with van der Waals surface area (Å²) in [6.45, 7) is 26.4. The number of ketones is 1. The summed E-state index contributed by atoms with van der Waals surface area (Å²) >= 11 is 0. The number of allylic oxidation sites excluding steroid dienone is 2. The maximum absolute atomic E-state index is 11.7. The summed E-state index contributed by atoms with van der Waals surface area (Å²) in [5.74, 6) is 0.547. The van der Waals surface area contributed by atoms with Crippen molar-refractivity contribution in [1.29, 1.82) is 0 Å². The first-order valence-corrected chi connectivity index (χ1v) is 18.5. The molecular weight excluding hydrogens is 807 g/mol. The average Bonchev–Trinajstić information content (AvgIpc) is 3.09. The molecule has 51 heavy (non-hydrogen) atoms. The predicted octanol–water partition coefficient (Wildman–Crippen LogP) is 12.5. The van der Waals surface area contributed by atoms with Crippen molar-refractivity contribution in [3.8, 4) is 33.8 Å². The third kappa shape index (κ3) is 11.8. The Bertz CT molecular complexity index is 1810. The molecule has 0 saturated heterocycles. The van der Waals surface area contributed by atoms with E-state index in [-0.39, 0.29) is 43.5 Å². The van der Waals surface area contributed by atoms with Crippen LogP contribution in [-0.4, -0.2) is 20.9 Å². The van der Waals surface area contributed by atoms with Gasteiger partial charge >= 0.3 is 0 Å². The fourth-order valence-electron chi connectivity index (χ4n) is 6.49. The number of hydrogen-bond donors (Lipinski definition) is 1. The molecule has 0 aliphatic carbocycles. The minimum atomic E-state index is 0. The predicted molar refractivity (Wildman–Crippen MR) is 210 cm³/mol. The van der Waals surface area contributed by atoms with Crippen LogP contribution in [0.3, 0.4) is 0 Å². The van der Waals surface area contributed by atoms with Gasteiger partial charge in [0.05, 0.1) is 23.7 Å². The van der Waals surface area contributed by atoms with E-state index in [4.69, 9.17) is 16.5 Å². The van der Waals surface area contributed by atoms with E-state index in [1.54, 1.807) is 6.20 Å². The molecule has 5 nitrogen and oxygen atoms in total. The number of hydrogen-bond acceptors (Lipinski definition) is 4. The molecule has 0 atom stereocenters. The third-order valence-electron chi connectivity index (χ3n) is 9.29. The number of aliphatic hydroxyl groups is 1. The van der Waals surface area contributed by atoms with Crippen LogP contribution in [0.1, 0.15) is 108 Å². The Labute approximate surface area is 321 Å². The first-order valence-electron chi connectivity index (χ1n) is 18.5.